The lowest BCUT2D eigenvalue weighted by atomic mass is 10.2. The molecule has 0 aliphatic rings. The molecule has 0 aliphatic carbocycles. The van der Waals surface area contributed by atoms with Gasteiger partial charge in [-0.1, -0.05) is 23.7 Å². The van der Waals surface area contributed by atoms with Crippen LogP contribution >= 0.6 is 11.6 Å². The molecule has 0 saturated carbocycles. The summed E-state index contributed by atoms with van der Waals surface area (Å²) in [4.78, 5) is 20.9. The van der Waals surface area contributed by atoms with E-state index >= 15 is 0 Å². The van der Waals surface area contributed by atoms with Crippen LogP contribution in [0.5, 0.6) is 0 Å². The Morgan fingerprint density at radius 1 is 1.42 bits per heavy atom. The van der Waals surface area contributed by atoms with Gasteiger partial charge in [-0.25, -0.2) is 9.97 Å². The normalized spacial score (nSPS) is 11.9. The van der Waals surface area contributed by atoms with Crippen molar-refractivity contribution >= 4 is 28.5 Å². The summed E-state index contributed by atoms with van der Waals surface area (Å²) in [5.74, 6) is 0.318. The number of fused-ring (bicyclic) bond motifs is 1. The summed E-state index contributed by atoms with van der Waals surface area (Å²) in [6, 6.07) is 10.8. The van der Waals surface area contributed by atoms with E-state index in [0.29, 0.717) is 5.56 Å². The van der Waals surface area contributed by atoms with Crippen LogP contribution in [0, 0.1) is 11.3 Å². The van der Waals surface area contributed by atoms with Gasteiger partial charge in [0, 0.05) is 13.2 Å². The molecule has 2 heterocycles. The number of hydrogen-bond donors (Lipinski definition) is 1. The van der Waals surface area contributed by atoms with Crippen molar-refractivity contribution in [3.63, 3.8) is 0 Å². The first kappa shape index (κ1) is 16.0. The first-order valence-electron chi connectivity index (χ1n) is 7.29. The largest absolute Gasteiger partial charge is 0.341 e. The Hall–Kier alpha value is -2.91. The monoisotopic (exact) mass is 339 g/mol. The zero-order valence-corrected chi connectivity index (χ0v) is 13.9. The second-order valence-electron chi connectivity index (χ2n) is 5.38. The minimum absolute atomic E-state index is 0.0845. The van der Waals surface area contributed by atoms with Gasteiger partial charge in [-0.05, 0) is 25.1 Å². The molecule has 3 aromatic rings. The van der Waals surface area contributed by atoms with Gasteiger partial charge < -0.3 is 9.88 Å². The molecular weight excluding hydrogens is 326 g/mol. The van der Waals surface area contributed by atoms with Crippen molar-refractivity contribution in [1.29, 1.82) is 5.26 Å². The van der Waals surface area contributed by atoms with Crippen LogP contribution in [0.4, 0.5) is 0 Å². The maximum atomic E-state index is 12.4. The highest BCUT2D eigenvalue weighted by Gasteiger charge is 2.19. The molecule has 0 saturated heterocycles. The highest BCUT2D eigenvalue weighted by Crippen LogP contribution is 2.20. The summed E-state index contributed by atoms with van der Waals surface area (Å²) >= 11 is 6.03. The number of pyridine rings is 1. The lowest BCUT2D eigenvalue weighted by molar-refractivity contribution is 0.0933. The van der Waals surface area contributed by atoms with E-state index in [1.165, 1.54) is 12.3 Å². The summed E-state index contributed by atoms with van der Waals surface area (Å²) in [6.07, 6.45) is 1.32. The molecule has 2 aromatic heterocycles. The number of aromatic nitrogens is 3. The third-order valence-corrected chi connectivity index (χ3v) is 4.03. The lowest BCUT2D eigenvalue weighted by Crippen LogP contribution is -2.29. The summed E-state index contributed by atoms with van der Waals surface area (Å²) in [5.41, 5.74) is 2.25. The van der Waals surface area contributed by atoms with Gasteiger partial charge in [-0.15, -0.1) is 0 Å². The number of hydrogen-bond acceptors (Lipinski definition) is 4. The standard InChI is InChI=1S/C17H14ClN5O/c1-10(16-22-13-5-3-4-6-14(13)23(16)2)21-17(24)15-12(18)7-11(8-19)9-20-15/h3-7,9-10H,1-2H3,(H,21,24). The van der Waals surface area contributed by atoms with Crippen molar-refractivity contribution in [2.45, 2.75) is 13.0 Å². The molecule has 1 aromatic carbocycles. The molecule has 1 amide bonds. The fourth-order valence-electron chi connectivity index (χ4n) is 2.55. The minimum atomic E-state index is -0.413. The predicted octanol–water partition coefficient (Wildman–Crippen LogP) is 2.98. The number of carbonyl (C=O) groups excluding carboxylic acids is 1. The van der Waals surface area contributed by atoms with E-state index in [-0.39, 0.29) is 16.8 Å². The van der Waals surface area contributed by atoms with Crippen LogP contribution in [-0.2, 0) is 7.05 Å². The van der Waals surface area contributed by atoms with Gasteiger partial charge >= 0.3 is 0 Å². The smallest absolute Gasteiger partial charge is 0.272 e. The fourth-order valence-corrected chi connectivity index (χ4v) is 2.80. The fraction of sp³-hybridized carbons (Fsp3) is 0.176. The zero-order chi connectivity index (χ0) is 17.3. The maximum Gasteiger partial charge on any atom is 0.272 e. The summed E-state index contributed by atoms with van der Waals surface area (Å²) in [6.45, 7) is 1.84. The van der Waals surface area contributed by atoms with E-state index in [0.717, 1.165) is 16.9 Å². The molecule has 1 unspecified atom stereocenters. The number of amides is 1. The average molecular weight is 340 g/mol. The molecule has 24 heavy (non-hydrogen) atoms. The molecule has 0 fully saturated rings. The van der Waals surface area contributed by atoms with Gasteiger partial charge in [0.15, 0.2) is 0 Å². The number of nitrogens with one attached hydrogen (secondary N) is 1. The van der Waals surface area contributed by atoms with Gasteiger partial charge in [0.1, 0.15) is 17.6 Å². The van der Waals surface area contributed by atoms with Gasteiger partial charge in [-0.3, -0.25) is 4.79 Å². The first-order chi connectivity index (χ1) is 11.5. The van der Waals surface area contributed by atoms with Crippen molar-refractivity contribution in [3.05, 3.63) is 58.6 Å². The highest BCUT2D eigenvalue weighted by atomic mass is 35.5. The van der Waals surface area contributed by atoms with Crippen LogP contribution in [0.15, 0.2) is 36.5 Å². The molecule has 0 bridgehead atoms. The first-order valence-corrected chi connectivity index (χ1v) is 7.67. The van der Waals surface area contributed by atoms with Crippen LogP contribution in [-0.4, -0.2) is 20.4 Å². The molecule has 3 rings (SSSR count). The van der Waals surface area contributed by atoms with Crippen molar-refractivity contribution in [2.75, 3.05) is 0 Å². The second-order valence-corrected chi connectivity index (χ2v) is 5.79. The Bertz CT molecular complexity index is 973. The number of para-hydroxylation sites is 2. The molecule has 1 atom stereocenters. The predicted molar refractivity (Wildman–Crippen MR) is 90.6 cm³/mol. The summed E-state index contributed by atoms with van der Waals surface area (Å²) in [5, 5.41) is 11.8. The van der Waals surface area contributed by atoms with E-state index in [1.54, 1.807) is 0 Å². The van der Waals surface area contributed by atoms with Gasteiger partial charge in [-0.2, -0.15) is 5.26 Å². The Balaban J connectivity index is 1.86. The molecule has 120 valence electrons. The number of halogens is 1. The zero-order valence-electron chi connectivity index (χ0n) is 13.1. The molecule has 0 aliphatic heterocycles. The minimum Gasteiger partial charge on any atom is -0.341 e. The summed E-state index contributed by atoms with van der Waals surface area (Å²) in [7, 11) is 1.90. The van der Waals surface area contributed by atoms with E-state index in [4.69, 9.17) is 16.9 Å². The molecular formula is C17H14ClN5O. The van der Waals surface area contributed by atoms with Crippen LogP contribution in [0.1, 0.15) is 34.8 Å². The molecule has 1 N–H and O–H groups in total. The van der Waals surface area contributed by atoms with Gasteiger partial charge in [0.2, 0.25) is 0 Å². The van der Waals surface area contributed by atoms with E-state index in [9.17, 15) is 4.79 Å². The second kappa shape index (κ2) is 6.30. The average Bonchev–Trinajstić information content (AvgIpc) is 2.92. The van der Waals surface area contributed by atoms with Crippen LogP contribution in [0.25, 0.3) is 11.0 Å². The lowest BCUT2D eigenvalue weighted by Gasteiger charge is -2.14. The van der Waals surface area contributed by atoms with E-state index in [1.807, 2.05) is 48.9 Å². The third kappa shape index (κ3) is 2.82. The number of aryl methyl sites for hydroxylation is 1. The van der Waals surface area contributed by atoms with Gasteiger partial charge in [0.05, 0.1) is 27.7 Å². The Labute approximate surface area is 143 Å². The molecule has 0 spiro atoms. The SMILES string of the molecule is CC(NC(=O)c1ncc(C#N)cc1Cl)c1nc2ccccc2n1C. The molecule has 0 radical (unpaired) electrons. The molecule has 7 heteroatoms. The quantitative estimate of drug-likeness (QED) is 0.795. The van der Waals surface area contributed by atoms with Crippen LogP contribution in [0.3, 0.4) is 0 Å². The number of imidazole rings is 1. The number of nitrogens with zero attached hydrogens (tertiary/aromatic N) is 4. The van der Waals surface area contributed by atoms with E-state index < -0.39 is 5.91 Å². The number of nitriles is 1. The van der Waals surface area contributed by atoms with E-state index in [2.05, 4.69) is 15.3 Å². The highest BCUT2D eigenvalue weighted by molar-refractivity contribution is 6.33. The topological polar surface area (TPSA) is 83.6 Å². The van der Waals surface area contributed by atoms with Crippen molar-refractivity contribution in [3.8, 4) is 6.07 Å². The Morgan fingerprint density at radius 2 is 2.17 bits per heavy atom. The van der Waals surface area contributed by atoms with Crippen LogP contribution < -0.4 is 5.32 Å². The number of benzene rings is 1. The maximum absolute atomic E-state index is 12.4. The Kier molecular flexibility index (Phi) is 4.19. The van der Waals surface area contributed by atoms with Crippen molar-refractivity contribution in [2.24, 2.45) is 7.05 Å². The summed E-state index contributed by atoms with van der Waals surface area (Å²) < 4.78 is 1.94. The van der Waals surface area contributed by atoms with Crippen molar-refractivity contribution < 1.29 is 4.79 Å². The third-order valence-electron chi connectivity index (χ3n) is 3.74. The molecule has 6 nitrogen and oxygen atoms in total. The Morgan fingerprint density at radius 3 is 2.83 bits per heavy atom. The van der Waals surface area contributed by atoms with Crippen molar-refractivity contribution in [1.82, 2.24) is 19.9 Å². The van der Waals surface area contributed by atoms with Gasteiger partial charge in [0.25, 0.3) is 5.91 Å². The number of rotatable bonds is 3. The van der Waals surface area contributed by atoms with Crippen LogP contribution in [0.2, 0.25) is 5.02 Å². The number of carbonyl (C=O) groups is 1.